The molecule has 4 aromatic carbocycles. The summed E-state index contributed by atoms with van der Waals surface area (Å²) < 4.78 is 5.33. The third-order valence-corrected chi connectivity index (χ3v) is 7.50. The molecule has 3 amide bonds. The lowest BCUT2D eigenvalue weighted by Crippen LogP contribution is -2.30. The first-order valence-corrected chi connectivity index (χ1v) is 14.4. The first kappa shape index (κ1) is 30.4. The van der Waals surface area contributed by atoms with E-state index in [1.54, 1.807) is 60.7 Å². The number of nitrogens with one attached hydrogen (secondary N) is 3. The van der Waals surface area contributed by atoms with Gasteiger partial charge in [0.25, 0.3) is 11.8 Å². The van der Waals surface area contributed by atoms with Gasteiger partial charge in [-0.05, 0) is 67.4 Å². The predicted molar refractivity (Wildman–Crippen MR) is 170 cm³/mol. The number of carbonyl (C=O) groups is 3. The highest BCUT2D eigenvalue weighted by molar-refractivity contribution is 8.00. The Morgan fingerprint density at radius 3 is 2.38 bits per heavy atom. The molecule has 214 valence electrons. The molecule has 42 heavy (non-hydrogen) atoms. The van der Waals surface area contributed by atoms with Crippen molar-refractivity contribution in [1.82, 2.24) is 5.32 Å². The van der Waals surface area contributed by atoms with E-state index in [4.69, 9.17) is 16.3 Å². The molecule has 0 spiro atoms. The molecule has 7 nitrogen and oxygen atoms in total. The van der Waals surface area contributed by atoms with Crippen LogP contribution in [0.25, 0.3) is 6.08 Å². The molecule has 0 aliphatic carbocycles. The van der Waals surface area contributed by atoms with Crippen LogP contribution >= 0.6 is 23.4 Å². The average molecular weight is 600 g/mol. The zero-order chi connectivity index (χ0) is 30.1. The Kier molecular flexibility index (Phi) is 10.4. The third-order valence-electron chi connectivity index (χ3n) is 6.10. The van der Waals surface area contributed by atoms with Crippen molar-refractivity contribution < 1.29 is 19.1 Å². The minimum Gasteiger partial charge on any atom is -0.495 e. The van der Waals surface area contributed by atoms with Crippen LogP contribution < -0.4 is 20.7 Å². The summed E-state index contributed by atoms with van der Waals surface area (Å²) in [5, 5.41) is 9.02. The summed E-state index contributed by atoms with van der Waals surface area (Å²) >= 11 is 7.48. The van der Waals surface area contributed by atoms with E-state index < -0.39 is 11.8 Å². The Morgan fingerprint density at radius 1 is 0.881 bits per heavy atom. The molecule has 0 saturated heterocycles. The monoisotopic (exact) mass is 599 g/mol. The van der Waals surface area contributed by atoms with Crippen molar-refractivity contribution >= 4 is 58.5 Å². The highest BCUT2D eigenvalue weighted by Gasteiger charge is 2.16. The summed E-state index contributed by atoms with van der Waals surface area (Å²) in [5.41, 5.74) is 4.20. The van der Waals surface area contributed by atoms with Crippen LogP contribution in [-0.2, 0) is 9.59 Å². The second-order valence-corrected chi connectivity index (χ2v) is 10.9. The van der Waals surface area contributed by atoms with Crippen molar-refractivity contribution in [2.75, 3.05) is 23.5 Å². The molecule has 4 aromatic rings. The molecule has 0 fully saturated rings. The van der Waals surface area contributed by atoms with Gasteiger partial charge >= 0.3 is 0 Å². The van der Waals surface area contributed by atoms with Crippen LogP contribution in [0.1, 0.15) is 27.0 Å². The number of hydrogen-bond donors (Lipinski definition) is 3. The van der Waals surface area contributed by atoms with E-state index >= 15 is 0 Å². The van der Waals surface area contributed by atoms with Gasteiger partial charge in [-0.3, -0.25) is 14.4 Å². The third kappa shape index (κ3) is 8.49. The highest BCUT2D eigenvalue weighted by Crippen LogP contribution is 2.31. The molecule has 4 rings (SSSR count). The first-order valence-electron chi connectivity index (χ1n) is 13.0. The molecular weight excluding hydrogens is 570 g/mol. The topological polar surface area (TPSA) is 96.5 Å². The van der Waals surface area contributed by atoms with E-state index in [9.17, 15) is 14.4 Å². The van der Waals surface area contributed by atoms with Gasteiger partial charge < -0.3 is 20.7 Å². The number of halogens is 1. The molecule has 0 aromatic heterocycles. The number of methoxy groups -OCH3 is 1. The zero-order valence-corrected chi connectivity index (χ0v) is 24.9. The Labute approximate surface area is 254 Å². The fourth-order valence-corrected chi connectivity index (χ4v) is 4.90. The molecule has 0 unspecified atom stereocenters. The second kappa shape index (κ2) is 14.4. The number of ether oxygens (including phenoxy) is 1. The van der Waals surface area contributed by atoms with Gasteiger partial charge in [0.2, 0.25) is 5.91 Å². The Balaban J connectivity index is 1.45. The van der Waals surface area contributed by atoms with Crippen molar-refractivity contribution in [3.63, 3.8) is 0 Å². The quantitative estimate of drug-likeness (QED) is 0.133. The van der Waals surface area contributed by atoms with Gasteiger partial charge in [-0.2, -0.15) is 0 Å². The number of benzene rings is 4. The molecule has 0 bridgehead atoms. The normalized spacial score (nSPS) is 11.0. The summed E-state index contributed by atoms with van der Waals surface area (Å²) in [7, 11) is 1.51. The number of rotatable bonds is 10. The number of thioether (sulfide) groups is 1. The van der Waals surface area contributed by atoms with Gasteiger partial charge in [0.05, 0.1) is 18.6 Å². The Hall–Kier alpha value is -4.53. The van der Waals surface area contributed by atoms with Crippen LogP contribution in [-0.4, -0.2) is 30.6 Å². The summed E-state index contributed by atoms with van der Waals surface area (Å²) in [6, 6.07) is 26.9. The average Bonchev–Trinajstić information content (AvgIpc) is 2.98. The van der Waals surface area contributed by atoms with E-state index in [1.807, 2.05) is 50.2 Å². The van der Waals surface area contributed by atoms with Crippen molar-refractivity contribution in [3.05, 3.63) is 124 Å². The van der Waals surface area contributed by atoms with Gasteiger partial charge in [0.15, 0.2) is 0 Å². The number of carbonyl (C=O) groups excluding carboxylic acids is 3. The maximum absolute atomic E-state index is 13.4. The van der Waals surface area contributed by atoms with Crippen molar-refractivity contribution in [1.29, 1.82) is 0 Å². The molecule has 0 heterocycles. The van der Waals surface area contributed by atoms with Gasteiger partial charge in [0, 0.05) is 27.2 Å². The van der Waals surface area contributed by atoms with E-state index in [1.165, 1.54) is 18.9 Å². The van der Waals surface area contributed by atoms with E-state index in [2.05, 4.69) is 16.0 Å². The van der Waals surface area contributed by atoms with Gasteiger partial charge in [-0.1, -0.05) is 65.7 Å². The van der Waals surface area contributed by atoms with E-state index in [-0.39, 0.29) is 17.4 Å². The largest absolute Gasteiger partial charge is 0.495 e. The van der Waals surface area contributed by atoms with Gasteiger partial charge in [-0.25, -0.2) is 0 Å². The van der Waals surface area contributed by atoms with E-state index in [0.29, 0.717) is 27.7 Å². The molecule has 0 atom stereocenters. The van der Waals surface area contributed by atoms with Gasteiger partial charge in [0.1, 0.15) is 11.4 Å². The smallest absolute Gasteiger partial charge is 0.272 e. The Morgan fingerprint density at radius 2 is 1.64 bits per heavy atom. The SMILES string of the molecule is COc1cc(Cl)c(C)cc1NC(=O)CSc1cccc(NC(=O)/C(=C\c2cccc(C)c2)NC(=O)c2ccccc2)c1. The van der Waals surface area contributed by atoms with Crippen LogP contribution in [0.4, 0.5) is 11.4 Å². The fourth-order valence-electron chi connectivity index (χ4n) is 4.00. The fraction of sp³-hybridized carbons (Fsp3) is 0.121. The molecule has 3 N–H and O–H groups in total. The molecule has 9 heteroatoms. The number of amides is 3. The summed E-state index contributed by atoms with van der Waals surface area (Å²) in [6.45, 7) is 3.80. The van der Waals surface area contributed by atoms with Crippen LogP contribution in [0.5, 0.6) is 5.75 Å². The van der Waals surface area contributed by atoms with Crippen LogP contribution in [0.2, 0.25) is 5.02 Å². The van der Waals surface area contributed by atoms with Crippen molar-refractivity contribution in [2.24, 2.45) is 0 Å². The van der Waals surface area contributed by atoms with Crippen molar-refractivity contribution in [3.8, 4) is 5.75 Å². The summed E-state index contributed by atoms with van der Waals surface area (Å²) in [6.07, 6.45) is 1.64. The number of hydrogen-bond acceptors (Lipinski definition) is 5. The summed E-state index contributed by atoms with van der Waals surface area (Å²) in [4.78, 5) is 39.7. The molecule has 0 radical (unpaired) electrons. The summed E-state index contributed by atoms with van der Waals surface area (Å²) in [5.74, 6) is -0.490. The lowest BCUT2D eigenvalue weighted by atomic mass is 10.1. The number of aryl methyl sites for hydroxylation is 2. The molecular formula is C33H30ClN3O4S. The van der Waals surface area contributed by atoms with Crippen molar-refractivity contribution in [2.45, 2.75) is 18.7 Å². The lowest BCUT2D eigenvalue weighted by molar-refractivity contribution is -0.114. The van der Waals surface area contributed by atoms with E-state index in [0.717, 1.165) is 21.6 Å². The minimum absolute atomic E-state index is 0.0964. The molecule has 0 aliphatic rings. The Bertz CT molecular complexity index is 1640. The lowest BCUT2D eigenvalue weighted by Gasteiger charge is -2.13. The minimum atomic E-state index is -0.481. The van der Waals surface area contributed by atoms with Crippen LogP contribution in [0, 0.1) is 13.8 Å². The molecule has 0 saturated carbocycles. The zero-order valence-electron chi connectivity index (χ0n) is 23.4. The van der Waals surface area contributed by atoms with Gasteiger partial charge in [-0.15, -0.1) is 11.8 Å². The maximum Gasteiger partial charge on any atom is 0.272 e. The highest BCUT2D eigenvalue weighted by atomic mass is 35.5. The number of anilines is 2. The predicted octanol–water partition coefficient (Wildman–Crippen LogP) is 7.11. The van der Waals surface area contributed by atoms with Crippen LogP contribution in [0.3, 0.4) is 0 Å². The maximum atomic E-state index is 13.4. The molecule has 0 aliphatic heterocycles. The first-order chi connectivity index (χ1) is 20.2. The standard InChI is InChI=1S/C33H30ClN3O4S/c1-21-9-7-10-23(15-21)17-29(37-32(39)24-11-5-4-6-12-24)33(40)35-25-13-8-14-26(18-25)42-20-31(38)36-28-16-22(2)27(34)19-30(28)41-3/h4-19H,20H2,1-3H3,(H,35,40)(H,36,38)(H,37,39)/b29-17+. The van der Waals surface area contributed by atoms with Crippen LogP contribution in [0.15, 0.2) is 102 Å². The second-order valence-electron chi connectivity index (χ2n) is 9.41.